The predicted molar refractivity (Wildman–Crippen MR) is 78.9 cm³/mol. The Balaban J connectivity index is 2.32. The van der Waals surface area contributed by atoms with Gasteiger partial charge in [-0.05, 0) is 32.3 Å². The van der Waals surface area contributed by atoms with Gasteiger partial charge in [-0.15, -0.1) is 0 Å². The molecule has 0 radical (unpaired) electrons. The summed E-state index contributed by atoms with van der Waals surface area (Å²) >= 11 is 0. The van der Waals surface area contributed by atoms with Crippen molar-refractivity contribution >= 4 is 32.3 Å². The fourth-order valence-electron chi connectivity index (χ4n) is 3.01. The standard InChI is InChI=1S/C17H11N2/c18-19-10-14-7-6-13-5-4-11-2-1-3-12-8-9-15(14)17(13)16(11)12/h1-9H,10H2/q+1. The van der Waals surface area contributed by atoms with Crippen LogP contribution >= 0.6 is 0 Å². The third kappa shape index (κ3) is 1.33. The minimum atomic E-state index is 0.341. The monoisotopic (exact) mass is 243 g/mol. The molecule has 0 atom stereocenters. The van der Waals surface area contributed by atoms with Crippen LogP contribution in [-0.2, 0) is 6.54 Å². The molecule has 0 fully saturated rings. The third-order valence-electron chi connectivity index (χ3n) is 3.86. The van der Waals surface area contributed by atoms with Gasteiger partial charge in [0.05, 0.1) is 0 Å². The van der Waals surface area contributed by atoms with E-state index in [0.717, 1.165) is 5.56 Å². The lowest BCUT2D eigenvalue weighted by atomic mass is 9.92. The van der Waals surface area contributed by atoms with Crippen LogP contribution in [0.5, 0.6) is 0 Å². The second-order valence-corrected chi connectivity index (χ2v) is 4.88. The Morgan fingerprint density at radius 3 is 2.11 bits per heavy atom. The molecule has 0 spiro atoms. The average Bonchev–Trinajstić information content (AvgIpc) is 2.46. The van der Waals surface area contributed by atoms with Gasteiger partial charge >= 0.3 is 6.54 Å². The van der Waals surface area contributed by atoms with Gasteiger partial charge < -0.3 is 0 Å². The van der Waals surface area contributed by atoms with Crippen molar-refractivity contribution in [2.45, 2.75) is 6.54 Å². The molecule has 0 aliphatic heterocycles. The van der Waals surface area contributed by atoms with Crippen molar-refractivity contribution in [1.29, 1.82) is 5.39 Å². The Morgan fingerprint density at radius 1 is 0.737 bits per heavy atom. The molecule has 2 heteroatoms. The molecule has 4 aromatic rings. The fraction of sp³-hybridized carbons (Fsp3) is 0.0588. The molecular formula is C17H11N2+. The first-order valence-electron chi connectivity index (χ1n) is 6.35. The highest BCUT2D eigenvalue weighted by molar-refractivity contribution is 6.23. The zero-order valence-electron chi connectivity index (χ0n) is 10.3. The Hall–Kier alpha value is -2.66. The number of rotatable bonds is 1. The first-order chi connectivity index (χ1) is 9.38. The lowest BCUT2D eigenvalue weighted by Crippen LogP contribution is -1.88. The van der Waals surface area contributed by atoms with Crippen LogP contribution in [0.2, 0.25) is 0 Å². The van der Waals surface area contributed by atoms with Gasteiger partial charge in [0.1, 0.15) is 4.98 Å². The zero-order valence-corrected chi connectivity index (χ0v) is 10.3. The van der Waals surface area contributed by atoms with E-state index in [0.29, 0.717) is 6.54 Å². The van der Waals surface area contributed by atoms with Crippen LogP contribution < -0.4 is 0 Å². The predicted octanol–water partition coefficient (Wildman–Crippen LogP) is 4.94. The lowest BCUT2D eigenvalue weighted by molar-refractivity contribution is 1.21. The van der Waals surface area contributed by atoms with E-state index in [4.69, 9.17) is 5.39 Å². The summed E-state index contributed by atoms with van der Waals surface area (Å²) in [7, 11) is 0. The Labute approximate surface area is 110 Å². The van der Waals surface area contributed by atoms with Gasteiger partial charge in [0.15, 0.2) is 0 Å². The molecule has 0 saturated heterocycles. The Morgan fingerprint density at radius 2 is 1.37 bits per heavy atom. The van der Waals surface area contributed by atoms with Crippen molar-refractivity contribution in [3.8, 4) is 0 Å². The summed E-state index contributed by atoms with van der Waals surface area (Å²) in [5.41, 5.74) is 1.06. The smallest absolute Gasteiger partial charge is 0.0610 e. The van der Waals surface area contributed by atoms with Crippen molar-refractivity contribution in [2.24, 2.45) is 0 Å². The van der Waals surface area contributed by atoms with E-state index in [1.165, 1.54) is 32.3 Å². The fourth-order valence-corrected chi connectivity index (χ4v) is 3.01. The molecule has 4 rings (SSSR count). The van der Waals surface area contributed by atoms with Gasteiger partial charge in [0.25, 0.3) is 0 Å². The van der Waals surface area contributed by atoms with Crippen LogP contribution in [0, 0.1) is 5.39 Å². The maximum absolute atomic E-state index is 8.84. The van der Waals surface area contributed by atoms with Crippen molar-refractivity contribution < 1.29 is 0 Å². The summed E-state index contributed by atoms with van der Waals surface area (Å²) < 4.78 is 0. The molecule has 0 aliphatic rings. The van der Waals surface area contributed by atoms with Crippen LogP contribution in [0.15, 0.2) is 54.6 Å². The number of nitrogens with zero attached hydrogens (tertiary/aromatic N) is 2. The molecule has 0 bridgehead atoms. The van der Waals surface area contributed by atoms with Crippen LogP contribution in [0.25, 0.3) is 37.3 Å². The Kier molecular flexibility index (Phi) is 1.98. The van der Waals surface area contributed by atoms with Gasteiger partial charge in [-0.1, -0.05) is 54.6 Å². The molecular weight excluding hydrogens is 232 g/mol. The average molecular weight is 243 g/mol. The topological polar surface area (TPSA) is 28.1 Å². The minimum Gasteiger partial charge on any atom is -0.0610 e. The number of benzene rings is 4. The number of diazo groups is 1. The molecule has 0 unspecified atom stereocenters. The molecule has 19 heavy (non-hydrogen) atoms. The van der Waals surface area contributed by atoms with Gasteiger partial charge in [-0.25, -0.2) is 0 Å². The molecule has 88 valence electrons. The summed E-state index contributed by atoms with van der Waals surface area (Å²) in [5, 5.41) is 16.4. The summed E-state index contributed by atoms with van der Waals surface area (Å²) in [5.74, 6) is 0. The second kappa shape index (κ2) is 3.66. The van der Waals surface area contributed by atoms with Gasteiger partial charge in [-0.3, -0.25) is 0 Å². The molecule has 0 saturated carbocycles. The van der Waals surface area contributed by atoms with Gasteiger partial charge in [0.2, 0.25) is 5.39 Å². The van der Waals surface area contributed by atoms with E-state index >= 15 is 0 Å². The van der Waals surface area contributed by atoms with Crippen molar-refractivity contribution in [3.05, 3.63) is 65.1 Å². The maximum Gasteiger partial charge on any atom is 0.331 e. The molecule has 2 nitrogen and oxygen atoms in total. The van der Waals surface area contributed by atoms with Crippen molar-refractivity contribution in [2.75, 3.05) is 0 Å². The maximum atomic E-state index is 8.84. The number of hydrogen-bond acceptors (Lipinski definition) is 1. The number of hydrogen-bond donors (Lipinski definition) is 0. The quantitative estimate of drug-likeness (QED) is 0.344. The molecule has 0 aromatic heterocycles. The lowest BCUT2D eigenvalue weighted by Gasteiger charge is -2.11. The van der Waals surface area contributed by atoms with Gasteiger partial charge in [-0.2, -0.15) is 0 Å². The molecule has 0 N–H and O–H groups in total. The molecule has 0 heterocycles. The molecule has 4 aromatic carbocycles. The normalized spacial score (nSPS) is 11.3. The van der Waals surface area contributed by atoms with E-state index < -0.39 is 0 Å². The Bertz CT molecular complexity index is 932. The highest BCUT2D eigenvalue weighted by Crippen LogP contribution is 2.35. The van der Waals surface area contributed by atoms with Crippen LogP contribution in [0.1, 0.15) is 5.56 Å². The van der Waals surface area contributed by atoms with Crippen LogP contribution in [0.3, 0.4) is 0 Å². The highest BCUT2D eigenvalue weighted by Gasteiger charge is 2.12. The zero-order chi connectivity index (χ0) is 12.8. The van der Waals surface area contributed by atoms with Crippen molar-refractivity contribution in [3.63, 3.8) is 0 Å². The summed E-state index contributed by atoms with van der Waals surface area (Å²) in [6.07, 6.45) is 0. The largest absolute Gasteiger partial charge is 0.331 e. The van der Waals surface area contributed by atoms with E-state index in [1.807, 2.05) is 6.07 Å². The molecule has 0 aliphatic carbocycles. The third-order valence-corrected chi connectivity index (χ3v) is 3.86. The van der Waals surface area contributed by atoms with E-state index in [-0.39, 0.29) is 0 Å². The van der Waals surface area contributed by atoms with Gasteiger partial charge in [0, 0.05) is 5.56 Å². The molecule has 0 amide bonds. The van der Waals surface area contributed by atoms with E-state index in [2.05, 4.69) is 53.5 Å². The summed E-state index contributed by atoms with van der Waals surface area (Å²) in [4.78, 5) is 3.29. The summed E-state index contributed by atoms with van der Waals surface area (Å²) in [6.45, 7) is 0.341. The van der Waals surface area contributed by atoms with Crippen LogP contribution in [0.4, 0.5) is 0 Å². The minimum absolute atomic E-state index is 0.341. The van der Waals surface area contributed by atoms with E-state index in [9.17, 15) is 0 Å². The first kappa shape index (κ1) is 10.3. The summed E-state index contributed by atoms with van der Waals surface area (Å²) in [6, 6.07) is 19.1. The second-order valence-electron chi connectivity index (χ2n) is 4.88. The highest BCUT2D eigenvalue weighted by atomic mass is 14.8. The van der Waals surface area contributed by atoms with E-state index in [1.54, 1.807) is 0 Å². The first-order valence-corrected chi connectivity index (χ1v) is 6.35. The van der Waals surface area contributed by atoms with Crippen molar-refractivity contribution in [1.82, 2.24) is 0 Å². The SMILES string of the molecule is N#[N+]Cc1ccc2ccc3cccc4ccc1c2c34. The van der Waals surface area contributed by atoms with Crippen LogP contribution in [-0.4, -0.2) is 0 Å².